The largest absolute Gasteiger partial charge is 0.481 e. The number of carbonyl (C=O) groups excluding carboxylic acids is 1. The number of allylic oxidation sites excluding steroid dienone is 1. The Morgan fingerprint density at radius 3 is 1.82 bits per heavy atom. The number of carbonyl (C=O) groups is 2. The van der Waals surface area contributed by atoms with E-state index in [1.54, 1.807) is 6.08 Å². The molecular formula is C26H50O7S. The Labute approximate surface area is 208 Å². The molecule has 0 spiro atoms. The lowest BCUT2D eigenvalue weighted by Crippen LogP contribution is -2.11. The van der Waals surface area contributed by atoms with Gasteiger partial charge in [0.1, 0.15) is 0 Å². The van der Waals surface area contributed by atoms with Crippen LogP contribution in [-0.2, 0) is 28.6 Å². The second-order valence-corrected chi connectivity index (χ2v) is 10.3. The quantitative estimate of drug-likeness (QED) is 0.0718. The molecule has 0 unspecified atom stereocenters. The van der Waals surface area contributed by atoms with Crippen molar-refractivity contribution in [2.24, 2.45) is 0 Å². The van der Waals surface area contributed by atoms with Crippen LogP contribution in [0.5, 0.6) is 0 Å². The minimum Gasteiger partial charge on any atom is -0.481 e. The van der Waals surface area contributed by atoms with Crippen molar-refractivity contribution < 1.29 is 32.0 Å². The van der Waals surface area contributed by atoms with Crippen LogP contribution in [0.3, 0.4) is 0 Å². The number of aliphatic carboxylic acids is 1. The van der Waals surface area contributed by atoms with Crippen molar-refractivity contribution in [3.63, 3.8) is 0 Å². The van der Waals surface area contributed by atoms with Gasteiger partial charge in [-0.3, -0.25) is 13.8 Å². The fourth-order valence-corrected chi connectivity index (χ4v) is 4.02. The molecule has 1 N–H and O–H groups in total. The van der Waals surface area contributed by atoms with Crippen molar-refractivity contribution in [2.75, 3.05) is 12.4 Å². The van der Waals surface area contributed by atoms with Crippen molar-refractivity contribution in [1.29, 1.82) is 0 Å². The molecular weight excluding hydrogens is 456 g/mol. The van der Waals surface area contributed by atoms with Crippen LogP contribution in [0.2, 0.25) is 0 Å². The molecule has 0 aliphatic heterocycles. The summed E-state index contributed by atoms with van der Waals surface area (Å²) in [7, 11) is -3.27. The number of carboxylic acids is 1. The minimum atomic E-state index is -3.27. The van der Waals surface area contributed by atoms with E-state index in [9.17, 15) is 18.0 Å². The molecule has 0 atom stereocenters. The van der Waals surface area contributed by atoms with E-state index in [0.29, 0.717) is 6.61 Å². The number of ether oxygens (including phenoxy) is 1. The number of esters is 1. The van der Waals surface area contributed by atoms with Gasteiger partial charge in [0, 0.05) is 0 Å². The minimum absolute atomic E-state index is 0.0759. The molecule has 0 fully saturated rings. The zero-order valence-corrected chi connectivity index (χ0v) is 22.7. The van der Waals surface area contributed by atoms with Crippen molar-refractivity contribution in [3.05, 3.63) is 12.3 Å². The molecule has 202 valence electrons. The van der Waals surface area contributed by atoms with Crippen LogP contribution < -0.4 is 0 Å². The van der Waals surface area contributed by atoms with E-state index in [1.807, 2.05) is 0 Å². The summed E-state index contributed by atoms with van der Waals surface area (Å²) in [4.78, 5) is 20.9. The maximum Gasteiger partial charge on any atom is 0.311 e. The molecule has 0 aromatic rings. The highest BCUT2D eigenvalue weighted by Gasteiger charge is 2.10. The van der Waals surface area contributed by atoms with Crippen molar-refractivity contribution in [3.8, 4) is 0 Å². The SMILES string of the molecule is CCCCC=COC(=O)CCC(=O)O.CCCCCCCCOS(=O)(=O)CCCCCCCC. The lowest BCUT2D eigenvalue weighted by molar-refractivity contribution is -0.144. The highest BCUT2D eigenvalue weighted by molar-refractivity contribution is 7.86. The Kier molecular flexibility index (Phi) is 26.8. The third kappa shape index (κ3) is 30.6. The van der Waals surface area contributed by atoms with Crippen LogP contribution >= 0.6 is 0 Å². The molecule has 0 saturated carbocycles. The van der Waals surface area contributed by atoms with Crippen molar-refractivity contribution in [2.45, 2.75) is 130 Å². The highest BCUT2D eigenvalue weighted by Crippen LogP contribution is 2.09. The van der Waals surface area contributed by atoms with E-state index in [1.165, 1.54) is 51.2 Å². The topological polar surface area (TPSA) is 107 Å². The maximum atomic E-state index is 11.6. The van der Waals surface area contributed by atoms with Crippen LogP contribution in [0.15, 0.2) is 12.3 Å². The summed E-state index contributed by atoms with van der Waals surface area (Å²) in [6, 6.07) is 0. The molecule has 0 aromatic carbocycles. The predicted octanol–water partition coefficient (Wildman–Crippen LogP) is 7.15. The summed E-state index contributed by atoms with van der Waals surface area (Å²) >= 11 is 0. The van der Waals surface area contributed by atoms with Gasteiger partial charge in [-0.25, -0.2) is 0 Å². The van der Waals surface area contributed by atoms with Crippen LogP contribution in [-0.4, -0.2) is 37.8 Å². The molecule has 0 amide bonds. The van der Waals surface area contributed by atoms with Crippen LogP contribution in [0.1, 0.15) is 130 Å². The summed E-state index contributed by atoms with van der Waals surface area (Å²) in [5, 5.41) is 8.28. The molecule has 0 aliphatic rings. The summed E-state index contributed by atoms with van der Waals surface area (Å²) < 4.78 is 33.0. The van der Waals surface area contributed by atoms with Gasteiger partial charge in [-0.2, -0.15) is 8.42 Å². The van der Waals surface area contributed by atoms with Gasteiger partial charge in [0.25, 0.3) is 10.1 Å². The van der Waals surface area contributed by atoms with Gasteiger partial charge in [-0.1, -0.05) is 91.4 Å². The third-order valence-corrected chi connectivity index (χ3v) is 6.39. The molecule has 0 rings (SSSR count). The predicted molar refractivity (Wildman–Crippen MR) is 138 cm³/mol. The lowest BCUT2D eigenvalue weighted by Gasteiger charge is -2.05. The summed E-state index contributed by atoms with van der Waals surface area (Å²) in [5.41, 5.74) is 0. The van der Waals surface area contributed by atoms with Gasteiger partial charge < -0.3 is 9.84 Å². The van der Waals surface area contributed by atoms with E-state index in [4.69, 9.17) is 9.29 Å². The molecule has 0 radical (unpaired) electrons. The standard InChI is InChI=1S/C16H34O3S.C10H16O4/c1-3-5-7-9-11-13-15-19-20(17,18)16-14-12-10-8-6-4-2;1-2-3-4-5-8-14-10(13)7-6-9(11)12/h3-16H2,1-2H3;5,8H,2-4,6-7H2,1H3,(H,11,12). The van der Waals surface area contributed by atoms with Gasteiger partial charge >= 0.3 is 11.9 Å². The van der Waals surface area contributed by atoms with Gasteiger partial charge in [0.15, 0.2) is 0 Å². The van der Waals surface area contributed by atoms with Gasteiger partial charge in [0.05, 0.1) is 31.5 Å². The summed E-state index contributed by atoms with van der Waals surface area (Å²) in [6.07, 6.45) is 19.3. The van der Waals surface area contributed by atoms with E-state index >= 15 is 0 Å². The first kappa shape index (κ1) is 34.8. The van der Waals surface area contributed by atoms with E-state index in [-0.39, 0.29) is 18.6 Å². The third-order valence-electron chi connectivity index (χ3n) is 5.07. The smallest absolute Gasteiger partial charge is 0.311 e. The number of hydrogen-bond donors (Lipinski definition) is 1. The van der Waals surface area contributed by atoms with E-state index in [0.717, 1.165) is 51.4 Å². The van der Waals surface area contributed by atoms with E-state index in [2.05, 4.69) is 25.5 Å². The van der Waals surface area contributed by atoms with Crippen LogP contribution in [0, 0.1) is 0 Å². The Bertz CT molecular complexity index is 600. The fraction of sp³-hybridized carbons (Fsp3) is 0.846. The first-order valence-electron chi connectivity index (χ1n) is 13.2. The highest BCUT2D eigenvalue weighted by atomic mass is 32.2. The van der Waals surface area contributed by atoms with Crippen molar-refractivity contribution in [1.82, 2.24) is 0 Å². The number of hydrogen-bond acceptors (Lipinski definition) is 6. The Morgan fingerprint density at radius 2 is 1.26 bits per heavy atom. The normalized spacial score (nSPS) is 11.3. The average molecular weight is 507 g/mol. The van der Waals surface area contributed by atoms with Crippen LogP contribution in [0.4, 0.5) is 0 Å². The monoisotopic (exact) mass is 506 g/mol. The fourth-order valence-electron chi connectivity index (χ4n) is 2.97. The molecule has 8 heteroatoms. The van der Waals surface area contributed by atoms with Crippen molar-refractivity contribution >= 4 is 22.1 Å². The molecule has 0 heterocycles. The second-order valence-electron chi connectivity index (χ2n) is 8.52. The number of unbranched alkanes of at least 4 members (excludes halogenated alkanes) is 12. The Morgan fingerprint density at radius 1 is 0.735 bits per heavy atom. The van der Waals surface area contributed by atoms with Gasteiger partial charge in [-0.05, 0) is 31.8 Å². The molecule has 0 bridgehead atoms. The lowest BCUT2D eigenvalue weighted by atomic mass is 10.1. The summed E-state index contributed by atoms with van der Waals surface area (Å²) in [5.74, 6) is -1.30. The molecule has 7 nitrogen and oxygen atoms in total. The Balaban J connectivity index is 0. The molecule has 0 aromatic heterocycles. The second kappa shape index (κ2) is 26.2. The maximum absolute atomic E-state index is 11.6. The molecule has 0 saturated heterocycles. The van der Waals surface area contributed by atoms with Gasteiger partial charge in [0.2, 0.25) is 0 Å². The number of carboxylic acid groups (broad SMARTS) is 1. The first-order chi connectivity index (χ1) is 16.3. The zero-order valence-electron chi connectivity index (χ0n) is 21.9. The Hall–Kier alpha value is -1.41. The van der Waals surface area contributed by atoms with Crippen LogP contribution in [0.25, 0.3) is 0 Å². The number of rotatable bonds is 22. The van der Waals surface area contributed by atoms with E-state index < -0.39 is 22.1 Å². The first-order valence-corrected chi connectivity index (χ1v) is 14.8. The molecule has 0 aliphatic carbocycles. The molecule has 34 heavy (non-hydrogen) atoms. The van der Waals surface area contributed by atoms with Gasteiger partial charge in [-0.15, -0.1) is 0 Å². The zero-order chi connectivity index (χ0) is 25.9. The average Bonchev–Trinajstić information content (AvgIpc) is 2.79. The summed E-state index contributed by atoms with van der Waals surface area (Å²) in [6.45, 7) is 6.81.